The molecular formula is C20H19NO4. The van der Waals surface area contributed by atoms with Gasteiger partial charge in [-0.3, -0.25) is 19.4 Å². The number of carbonyl (C=O) groups is 3. The van der Waals surface area contributed by atoms with E-state index in [2.05, 4.69) is 4.98 Å². The second-order valence-electron chi connectivity index (χ2n) is 7.74. The van der Waals surface area contributed by atoms with Crippen molar-refractivity contribution in [2.45, 2.75) is 33.6 Å². The van der Waals surface area contributed by atoms with E-state index in [1.54, 1.807) is 31.3 Å². The van der Waals surface area contributed by atoms with E-state index in [4.69, 9.17) is 4.74 Å². The molecule has 5 heteroatoms. The largest absolute Gasteiger partial charge is 0.423 e. The molecule has 1 heterocycles. The molecule has 0 spiro atoms. The Morgan fingerprint density at radius 1 is 1.04 bits per heavy atom. The van der Waals surface area contributed by atoms with Gasteiger partial charge in [0.05, 0.1) is 0 Å². The summed E-state index contributed by atoms with van der Waals surface area (Å²) in [6, 6.07) is 8.98. The number of aromatic nitrogens is 1. The number of hydrogen-bond donors (Lipinski definition) is 0. The number of Topliss-reactive ketones (excluding diaryl/α,β-unsaturated/α-hetero) is 2. The standard InChI is InChI=1S/C20H19NO4/c1-18(2)19(3)9-10-20(18,16(23)15(19)22)17(24)25-13-8-4-6-12-7-5-11-21-14(12)13/h4-8,11H,9-10H2,1-3H3/t19-,20-/m1/s1. The molecule has 4 rings (SSSR count). The fourth-order valence-electron chi connectivity index (χ4n) is 4.57. The minimum atomic E-state index is -1.41. The first-order chi connectivity index (χ1) is 11.8. The van der Waals surface area contributed by atoms with Crippen LogP contribution >= 0.6 is 0 Å². The quantitative estimate of drug-likeness (QED) is 0.364. The lowest BCUT2D eigenvalue weighted by atomic mass is 9.65. The van der Waals surface area contributed by atoms with E-state index < -0.39 is 33.8 Å². The molecule has 0 amide bonds. The normalized spacial score (nSPS) is 30.0. The molecule has 0 unspecified atom stereocenters. The van der Waals surface area contributed by atoms with Crippen LogP contribution in [0, 0.1) is 16.2 Å². The minimum Gasteiger partial charge on any atom is -0.423 e. The molecule has 25 heavy (non-hydrogen) atoms. The number of rotatable bonds is 2. The van der Waals surface area contributed by atoms with E-state index in [-0.39, 0.29) is 0 Å². The van der Waals surface area contributed by atoms with Gasteiger partial charge in [-0.15, -0.1) is 0 Å². The van der Waals surface area contributed by atoms with Crippen molar-refractivity contribution in [3.8, 4) is 5.75 Å². The summed E-state index contributed by atoms with van der Waals surface area (Å²) in [5.74, 6) is -1.38. The molecule has 2 aliphatic carbocycles. The second-order valence-corrected chi connectivity index (χ2v) is 7.74. The lowest BCUT2D eigenvalue weighted by molar-refractivity contribution is -0.157. The Kier molecular flexibility index (Phi) is 3.03. The summed E-state index contributed by atoms with van der Waals surface area (Å²) in [4.78, 5) is 42.7. The Balaban J connectivity index is 1.79. The third-order valence-electron chi connectivity index (χ3n) is 6.69. The van der Waals surface area contributed by atoms with Crippen LogP contribution in [0.15, 0.2) is 36.5 Å². The van der Waals surface area contributed by atoms with Crippen molar-refractivity contribution in [1.29, 1.82) is 0 Å². The van der Waals surface area contributed by atoms with Crippen molar-refractivity contribution in [2.75, 3.05) is 0 Å². The Morgan fingerprint density at radius 3 is 2.44 bits per heavy atom. The number of hydrogen-bond acceptors (Lipinski definition) is 5. The van der Waals surface area contributed by atoms with Crippen LogP contribution in [-0.4, -0.2) is 22.5 Å². The molecular weight excluding hydrogens is 318 g/mol. The van der Waals surface area contributed by atoms with Crippen LogP contribution < -0.4 is 4.74 Å². The predicted molar refractivity (Wildman–Crippen MR) is 90.9 cm³/mol. The van der Waals surface area contributed by atoms with Gasteiger partial charge in [-0.1, -0.05) is 39.0 Å². The van der Waals surface area contributed by atoms with Gasteiger partial charge in [0.15, 0.2) is 5.75 Å². The summed E-state index contributed by atoms with van der Waals surface area (Å²) in [6.07, 6.45) is 2.49. The molecule has 2 bridgehead atoms. The highest BCUT2D eigenvalue weighted by atomic mass is 16.5. The molecule has 2 saturated carbocycles. The minimum absolute atomic E-state index is 0.314. The average Bonchev–Trinajstić information content (AvgIpc) is 2.87. The molecule has 2 atom stereocenters. The summed E-state index contributed by atoms with van der Waals surface area (Å²) in [7, 11) is 0. The number of carbonyl (C=O) groups excluding carboxylic acids is 3. The highest BCUT2D eigenvalue weighted by Crippen LogP contribution is 2.69. The number of para-hydroxylation sites is 1. The molecule has 0 saturated heterocycles. The van der Waals surface area contributed by atoms with Crippen LogP contribution in [0.4, 0.5) is 0 Å². The number of nitrogens with zero attached hydrogens (tertiary/aromatic N) is 1. The zero-order valence-electron chi connectivity index (χ0n) is 14.5. The van der Waals surface area contributed by atoms with Crippen molar-refractivity contribution < 1.29 is 19.1 Å². The van der Waals surface area contributed by atoms with Gasteiger partial charge in [-0.05, 0) is 25.0 Å². The third kappa shape index (κ3) is 1.68. The van der Waals surface area contributed by atoms with Gasteiger partial charge in [0, 0.05) is 22.4 Å². The molecule has 1 aromatic carbocycles. The highest BCUT2D eigenvalue weighted by molar-refractivity contribution is 6.48. The van der Waals surface area contributed by atoms with Crippen LogP contribution in [-0.2, 0) is 14.4 Å². The Morgan fingerprint density at radius 2 is 1.76 bits per heavy atom. The van der Waals surface area contributed by atoms with E-state index in [1.165, 1.54) is 0 Å². The maximum Gasteiger partial charge on any atom is 0.326 e. The smallest absolute Gasteiger partial charge is 0.326 e. The fraction of sp³-hybridized carbons (Fsp3) is 0.400. The van der Waals surface area contributed by atoms with E-state index in [9.17, 15) is 14.4 Å². The van der Waals surface area contributed by atoms with Crippen molar-refractivity contribution in [3.63, 3.8) is 0 Å². The van der Waals surface area contributed by atoms with E-state index >= 15 is 0 Å². The molecule has 0 radical (unpaired) electrons. The second kappa shape index (κ2) is 4.75. The van der Waals surface area contributed by atoms with Gasteiger partial charge in [-0.25, -0.2) is 0 Å². The Bertz CT molecular complexity index is 942. The first kappa shape index (κ1) is 15.9. The van der Waals surface area contributed by atoms with E-state index in [0.29, 0.717) is 24.1 Å². The molecule has 128 valence electrons. The van der Waals surface area contributed by atoms with Gasteiger partial charge in [0.25, 0.3) is 0 Å². The predicted octanol–water partition coefficient (Wildman–Crippen LogP) is 3.10. The maximum atomic E-state index is 13.1. The van der Waals surface area contributed by atoms with Gasteiger partial charge >= 0.3 is 5.97 Å². The number of benzene rings is 1. The number of esters is 1. The van der Waals surface area contributed by atoms with Crippen LogP contribution in [0.2, 0.25) is 0 Å². The van der Waals surface area contributed by atoms with Crippen molar-refractivity contribution in [2.24, 2.45) is 16.2 Å². The van der Waals surface area contributed by atoms with Crippen molar-refractivity contribution in [3.05, 3.63) is 36.5 Å². The number of ether oxygens (including phenoxy) is 1. The summed E-state index contributed by atoms with van der Waals surface area (Å²) in [6.45, 7) is 5.44. The topological polar surface area (TPSA) is 73.3 Å². The van der Waals surface area contributed by atoms with Gasteiger partial charge in [-0.2, -0.15) is 0 Å². The molecule has 2 fully saturated rings. The first-order valence-corrected chi connectivity index (χ1v) is 8.41. The van der Waals surface area contributed by atoms with Crippen LogP contribution in [0.3, 0.4) is 0 Å². The number of ketones is 2. The highest BCUT2D eigenvalue weighted by Gasteiger charge is 2.78. The molecule has 2 aromatic rings. The zero-order chi connectivity index (χ0) is 18.0. The van der Waals surface area contributed by atoms with Crippen LogP contribution in [0.5, 0.6) is 5.75 Å². The molecule has 2 aliphatic rings. The third-order valence-corrected chi connectivity index (χ3v) is 6.69. The zero-order valence-corrected chi connectivity index (χ0v) is 14.5. The van der Waals surface area contributed by atoms with Gasteiger partial charge in [0.1, 0.15) is 10.9 Å². The van der Waals surface area contributed by atoms with E-state index in [1.807, 2.05) is 26.0 Å². The van der Waals surface area contributed by atoms with E-state index in [0.717, 1.165) is 5.39 Å². The molecule has 0 aliphatic heterocycles. The number of pyridine rings is 1. The van der Waals surface area contributed by atoms with Crippen molar-refractivity contribution >= 4 is 28.4 Å². The van der Waals surface area contributed by atoms with Gasteiger partial charge in [0.2, 0.25) is 11.6 Å². The summed E-state index contributed by atoms with van der Waals surface area (Å²) < 4.78 is 5.66. The summed E-state index contributed by atoms with van der Waals surface area (Å²) in [5, 5.41) is 0.842. The Hall–Kier alpha value is -2.56. The maximum absolute atomic E-state index is 13.1. The molecule has 0 N–H and O–H groups in total. The summed E-state index contributed by atoms with van der Waals surface area (Å²) >= 11 is 0. The lowest BCUT2D eigenvalue weighted by Gasteiger charge is -2.36. The first-order valence-electron chi connectivity index (χ1n) is 8.41. The molecule has 1 aromatic heterocycles. The molecule has 5 nitrogen and oxygen atoms in total. The number of fused-ring (bicyclic) bond motifs is 3. The summed E-state index contributed by atoms with van der Waals surface area (Å²) in [5.41, 5.74) is -2.43. The van der Waals surface area contributed by atoms with Gasteiger partial charge < -0.3 is 4.74 Å². The van der Waals surface area contributed by atoms with Crippen LogP contribution in [0.25, 0.3) is 10.9 Å². The monoisotopic (exact) mass is 337 g/mol. The van der Waals surface area contributed by atoms with Crippen LogP contribution in [0.1, 0.15) is 33.6 Å². The average molecular weight is 337 g/mol. The fourth-order valence-corrected chi connectivity index (χ4v) is 4.57. The Labute approximate surface area is 145 Å². The lowest BCUT2D eigenvalue weighted by Crippen LogP contribution is -2.47. The SMILES string of the molecule is CC1(C)[C@]2(C(=O)Oc3cccc4cccnc34)CC[C@]1(C)C(=O)C2=O. The van der Waals surface area contributed by atoms with Crippen molar-refractivity contribution in [1.82, 2.24) is 4.98 Å².